The number of aromatic nitrogens is 2. The highest BCUT2D eigenvalue weighted by Crippen LogP contribution is 2.23. The number of hydrogen-bond donors (Lipinski definition) is 2. The van der Waals surface area contributed by atoms with Crippen LogP contribution in [0.1, 0.15) is 11.3 Å². The van der Waals surface area contributed by atoms with E-state index < -0.39 is 0 Å². The molecule has 1 aliphatic rings. The van der Waals surface area contributed by atoms with E-state index >= 15 is 0 Å². The molecule has 0 saturated carbocycles. The molecule has 0 bridgehead atoms. The van der Waals surface area contributed by atoms with Crippen LogP contribution in [0, 0.1) is 6.92 Å². The van der Waals surface area contributed by atoms with Crippen molar-refractivity contribution in [3.8, 4) is 0 Å². The maximum Gasteiger partial charge on any atom is 0.246 e. The van der Waals surface area contributed by atoms with Gasteiger partial charge >= 0.3 is 0 Å². The molecule has 0 aromatic carbocycles. The zero-order chi connectivity index (χ0) is 12.6. The number of amides is 2. The molecule has 1 aromatic rings. The fourth-order valence-corrected chi connectivity index (χ4v) is 2.11. The van der Waals surface area contributed by atoms with Gasteiger partial charge in [-0.15, -0.1) is 0 Å². The average molecular weight is 237 g/mol. The van der Waals surface area contributed by atoms with Gasteiger partial charge in [-0.25, -0.2) is 0 Å². The van der Waals surface area contributed by atoms with Crippen molar-refractivity contribution in [3.05, 3.63) is 11.3 Å². The molecule has 1 saturated heterocycles. The van der Waals surface area contributed by atoms with E-state index in [9.17, 15) is 9.59 Å². The predicted octanol–water partition coefficient (Wildman–Crippen LogP) is -1.35. The number of nitrogens with two attached hydrogens (primary N) is 1. The van der Waals surface area contributed by atoms with Gasteiger partial charge in [0.2, 0.25) is 11.8 Å². The zero-order valence-electron chi connectivity index (χ0n) is 9.86. The summed E-state index contributed by atoms with van der Waals surface area (Å²) < 4.78 is 1.66. The molecular weight excluding hydrogens is 222 g/mol. The Labute approximate surface area is 98.6 Å². The topological polar surface area (TPSA) is 93.2 Å². The van der Waals surface area contributed by atoms with Gasteiger partial charge in [-0.05, 0) is 6.92 Å². The van der Waals surface area contributed by atoms with Gasteiger partial charge in [0, 0.05) is 19.2 Å². The van der Waals surface area contributed by atoms with Crippen molar-refractivity contribution in [1.82, 2.24) is 15.1 Å². The van der Waals surface area contributed by atoms with Crippen molar-refractivity contribution in [1.29, 1.82) is 0 Å². The summed E-state index contributed by atoms with van der Waals surface area (Å²) in [6, 6.07) is 0. The van der Waals surface area contributed by atoms with Gasteiger partial charge in [0.05, 0.1) is 18.8 Å². The lowest BCUT2D eigenvalue weighted by Gasteiger charge is -2.28. The first-order chi connectivity index (χ1) is 8.02. The number of imide groups is 1. The van der Waals surface area contributed by atoms with Gasteiger partial charge in [0.25, 0.3) is 0 Å². The number of anilines is 1. The first-order valence-electron chi connectivity index (χ1n) is 5.33. The molecule has 7 heteroatoms. The molecule has 1 fully saturated rings. The first kappa shape index (κ1) is 11.6. The fourth-order valence-electron chi connectivity index (χ4n) is 2.11. The number of carbonyl (C=O) groups excluding carboxylic acids is 2. The molecule has 0 unspecified atom stereocenters. The van der Waals surface area contributed by atoms with Crippen molar-refractivity contribution in [3.63, 3.8) is 0 Å². The molecule has 2 heterocycles. The Morgan fingerprint density at radius 3 is 2.47 bits per heavy atom. The fraction of sp³-hybridized carbons (Fsp3) is 0.500. The van der Waals surface area contributed by atoms with Crippen LogP contribution in [0.25, 0.3) is 0 Å². The Hall–Kier alpha value is -1.89. The van der Waals surface area contributed by atoms with Gasteiger partial charge in [0.1, 0.15) is 5.82 Å². The lowest BCUT2D eigenvalue weighted by Crippen LogP contribution is -2.52. The third kappa shape index (κ3) is 2.01. The van der Waals surface area contributed by atoms with E-state index in [0.717, 1.165) is 17.1 Å². The first-order valence-corrected chi connectivity index (χ1v) is 5.33. The SMILES string of the molecule is Cc1nn(C)c(N2CC(=O)NC(=O)C2)c1CN. The molecule has 92 valence electrons. The number of nitrogens with zero attached hydrogens (tertiary/aromatic N) is 3. The highest BCUT2D eigenvalue weighted by molar-refractivity contribution is 6.02. The van der Waals surface area contributed by atoms with Gasteiger partial charge in [-0.2, -0.15) is 5.10 Å². The summed E-state index contributed by atoms with van der Waals surface area (Å²) in [6.07, 6.45) is 0. The smallest absolute Gasteiger partial charge is 0.246 e. The number of piperazine rings is 1. The molecule has 0 aliphatic carbocycles. The van der Waals surface area contributed by atoms with Crippen molar-refractivity contribution in [2.24, 2.45) is 12.8 Å². The van der Waals surface area contributed by atoms with Crippen molar-refractivity contribution >= 4 is 17.6 Å². The third-order valence-electron chi connectivity index (χ3n) is 2.76. The second-order valence-corrected chi connectivity index (χ2v) is 4.04. The highest BCUT2D eigenvalue weighted by atomic mass is 16.2. The molecule has 17 heavy (non-hydrogen) atoms. The minimum Gasteiger partial charge on any atom is -0.338 e. The van der Waals surface area contributed by atoms with Crippen molar-refractivity contribution < 1.29 is 9.59 Å². The average Bonchev–Trinajstić information content (AvgIpc) is 2.51. The van der Waals surface area contributed by atoms with Gasteiger partial charge in [-0.3, -0.25) is 19.6 Å². The molecule has 1 aromatic heterocycles. The van der Waals surface area contributed by atoms with Crippen LogP contribution in [0.5, 0.6) is 0 Å². The lowest BCUT2D eigenvalue weighted by molar-refractivity contribution is -0.130. The van der Waals surface area contributed by atoms with Crippen LogP contribution in [-0.2, 0) is 23.2 Å². The Morgan fingerprint density at radius 1 is 1.35 bits per heavy atom. The molecule has 0 atom stereocenters. The molecule has 2 amide bonds. The number of nitrogens with one attached hydrogen (secondary N) is 1. The second kappa shape index (κ2) is 4.17. The molecule has 2 rings (SSSR count). The maximum absolute atomic E-state index is 11.3. The Balaban J connectivity index is 2.39. The summed E-state index contributed by atoms with van der Waals surface area (Å²) in [6.45, 7) is 2.49. The van der Waals surface area contributed by atoms with Gasteiger partial charge < -0.3 is 10.6 Å². The highest BCUT2D eigenvalue weighted by Gasteiger charge is 2.27. The minimum absolute atomic E-state index is 0.151. The van der Waals surface area contributed by atoms with E-state index in [0.29, 0.717) is 6.54 Å². The van der Waals surface area contributed by atoms with Crippen LogP contribution in [-0.4, -0.2) is 34.7 Å². The van der Waals surface area contributed by atoms with E-state index in [4.69, 9.17) is 5.73 Å². The quantitative estimate of drug-likeness (QED) is 0.620. The summed E-state index contributed by atoms with van der Waals surface area (Å²) in [5.74, 6) is 0.138. The van der Waals surface area contributed by atoms with Crippen LogP contribution < -0.4 is 16.0 Å². The molecule has 0 spiro atoms. The molecular formula is C10H15N5O2. The normalized spacial score (nSPS) is 16.3. The van der Waals surface area contributed by atoms with E-state index in [1.165, 1.54) is 0 Å². The number of hydrogen-bond acceptors (Lipinski definition) is 5. The van der Waals surface area contributed by atoms with Crippen LogP contribution >= 0.6 is 0 Å². The second-order valence-electron chi connectivity index (χ2n) is 4.04. The summed E-state index contributed by atoms with van der Waals surface area (Å²) in [7, 11) is 1.78. The summed E-state index contributed by atoms with van der Waals surface area (Å²) in [4.78, 5) is 24.4. The van der Waals surface area contributed by atoms with Crippen LogP contribution in [0.15, 0.2) is 0 Å². The lowest BCUT2D eigenvalue weighted by atomic mass is 10.2. The molecule has 3 N–H and O–H groups in total. The minimum atomic E-state index is -0.303. The summed E-state index contributed by atoms with van der Waals surface area (Å²) in [5, 5.41) is 6.52. The van der Waals surface area contributed by atoms with E-state index in [-0.39, 0.29) is 24.9 Å². The largest absolute Gasteiger partial charge is 0.338 e. The molecule has 7 nitrogen and oxygen atoms in total. The number of aryl methyl sites for hydroxylation is 2. The van der Waals surface area contributed by atoms with Gasteiger partial charge in [-0.1, -0.05) is 0 Å². The number of rotatable bonds is 2. The monoisotopic (exact) mass is 237 g/mol. The number of carbonyl (C=O) groups is 2. The van der Waals surface area contributed by atoms with E-state index in [1.54, 1.807) is 16.6 Å². The van der Waals surface area contributed by atoms with Crippen molar-refractivity contribution in [2.45, 2.75) is 13.5 Å². The van der Waals surface area contributed by atoms with Crippen molar-refractivity contribution in [2.75, 3.05) is 18.0 Å². The Kier molecular flexibility index (Phi) is 2.84. The Morgan fingerprint density at radius 2 is 1.94 bits per heavy atom. The molecule has 1 aliphatic heterocycles. The van der Waals surface area contributed by atoms with E-state index in [2.05, 4.69) is 10.4 Å². The summed E-state index contributed by atoms with van der Waals surface area (Å²) >= 11 is 0. The molecule has 0 radical (unpaired) electrons. The summed E-state index contributed by atoms with van der Waals surface area (Å²) in [5.41, 5.74) is 7.37. The zero-order valence-corrected chi connectivity index (χ0v) is 9.86. The van der Waals surface area contributed by atoms with Crippen LogP contribution in [0.2, 0.25) is 0 Å². The van der Waals surface area contributed by atoms with E-state index in [1.807, 2.05) is 6.92 Å². The van der Waals surface area contributed by atoms with Crippen LogP contribution in [0.3, 0.4) is 0 Å². The third-order valence-corrected chi connectivity index (χ3v) is 2.76. The Bertz CT molecular complexity index is 463. The predicted molar refractivity (Wildman–Crippen MR) is 61.2 cm³/mol. The van der Waals surface area contributed by atoms with Gasteiger partial charge in [0.15, 0.2) is 0 Å². The van der Waals surface area contributed by atoms with Crippen LogP contribution in [0.4, 0.5) is 5.82 Å². The standard InChI is InChI=1S/C10H15N5O2/c1-6-7(3-11)10(14(2)13-6)15-4-8(16)12-9(17)5-15/h3-5,11H2,1-2H3,(H,12,16,17). The maximum atomic E-state index is 11.3.